The van der Waals surface area contributed by atoms with Gasteiger partial charge in [0.15, 0.2) is 11.5 Å². The number of ether oxygens (including phenoxy) is 4. The molecule has 0 fully saturated rings. The van der Waals surface area contributed by atoms with Crippen molar-refractivity contribution in [2.45, 2.75) is 0 Å². The summed E-state index contributed by atoms with van der Waals surface area (Å²) >= 11 is 0. The van der Waals surface area contributed by atoms with Gasteiger partial charge in [0.05, 0.1) is 5.56 Å². The average molecular weight is 434 g/mol. The lowest BCUT2D eigenvalue weighted by atomic mass is 10.2. The van der Waals surface area contributed by atoms with E-state index in [0.717, 1.165) is 5.75 Å². The predicted molar refractivity (Wildman–Crippen MR) is 116 cm³/mol. The van der Waals surface area contributed by atoms with Crippen LogP contribution >= 0.6 is 0 Å². The fourth-order valence-corrected chi connectivity index (χ4v) is 3.05. The smallest absolute Gasteiger partial charge is 0.273 e. The summed E-state index contributed by atoms with van der Waals surface area (Å²) in [4.78, 5) is 25.0. The summed E-state index contributed by atoms with van der Waals surface area (Å²) in [5, 5.41) is 0. The van der Waals surface area contributed by atoms with Crippen LogP contribution in [-0.2, 0) is 0 Å². The normalized spacial score (nSPS) is 11.9. The van der Waals surface area contributed by atoms with Crippen LogP contribution in [0.3, 0.4) is 0 Å². The first-order valence-electron chi connectivity index (χ1n) is 10.1. The van der Waals surface area contributed by atoms with Crippen molar-refractivity contribution in [2.75, 3.05) is 26.4 Å². The molecular weight excluding hydrogens is 412 g/mol. The maximum absolute atomic E-state index is 12.6. The zero-order valence-corrected chi connectivity index (χ0v) is 17.2. The summed E-state index contributed by atoms with van der Waals surface area (Å²) in [6.07, 6.45) is 0. The first kappa shape index (κ1) is 21.0. The number of para-hydroxylation sites is 2. The van der Waals surface area contributed by atoms with Gasteiger partial charge in [0.25, 0.3) is 11.8 Å². The second-order valence-corrected chi connectivity index (χ2v) is 6.77. The highest BCUT2D eigenvalue weighted by atomic mass is 16.6. The van der Waals surface area contributed by atoms with E-state index in [0.29, 0.717) is 42.6 Å². The molecule has 0 aromatic heterocycles. The van der Waals surface area contributed by atoms with Crippen LogP contribution < -0.4 is 29.8 Å². The molecule has 1 aliphatic heterocycles. The van der Waals surface area contributed by atoms with E-state index >= 15 is 0 Å². The Morgan fingerprint density at radius 2 is 1.44 bits per heavy atom. The minimum absolute atomic E-state index is 0.253. The summed E-state index contributed by atoms with van der Waals surface area (Å²) in [7, 11) is 0. The largest absolute Gasteiger partial charge is 0.490 e. The molecule has 0 radical (unpaired) electrons. The number of rotatable bonds is 7. The SMILES string of the molecule is O=C(NNC(=O)c1ccccc1OCCOc1ccccc1)c1ccc2c(c1)OCCO2. The van der Waals surface area contributed by atoms with Crippen molar-refractivity contribution in [1.29, 1.82) is 0 Å². The molecule has 32 heavy (non-hydrogen) atoms. The van der Waals surface area contributed by atoms with Gasteiger partial charge in [-0.05, 0) is 42.5 Å². The van der Waals surface area contributed by atoms with Crippen molar-refractivity contribution in [3.05, 3.63) is 83.9 Å². The maximum atomic E-state index is 12.6. The summed E-state index contributed by atoms with van der Waals surface area (Å²) in [5.74, 6) is 1.21. The molecule has 0 spiro atoms. The number of hydrogen-bond donors (Lipinski definition) is 2. The molecule has 0 atom stereocenters. The first-order chi connectivity index (χ1) is 15.7. The van der Waals surface area contributed by atoms with E-state index in [2.05, 4.69) is 10.9 Å². The van der Waals surface area contributed by atoms with E-state index in [1.54, 1.807) is 42.5 Å². The standard InChI is InChI=1S/C24H22N2O6/c27-23(17-10-11-21-22(16-17)32-15-14-31-21)25-26-24(28)19-8-4-5-9-20(19)30-13-12-29-18-6-2-1-3-7-18/h1-11,16H,12-15H2,(H,25,27)(H,26,28). The highest BCUT2D eigenvalue weighted by molar-refractivity contribution is 6.00. The average Bonchev–Trinajstić information content (AvgIpc) is 2.85. The van der Waals surface area contributed by atoms with Crippen molar-refractivity contribution < 1.29 is 28.5 Å². The summed E-state index contributed by atoms with van der Waals surface area (Å²) in [6.45, 7) is 1.46. The Morgan fingerprint density at radius 1 is 0.750 bits per heavy atom. The number of nitrogens with one attached hydrogen (secondary N) is 2. The van der Waals surface area contributed by atoms with Crippen LogP contribution in [0, 0.1) is 0 Å². The summed E-state index contributed by atoms with van der Waals surface area (Å²) in [6, 6.07) is 21.0. The topological polar surface area (TPSA) is 95.1 Å². The molecule has 4 rings (SSSR count). The van der Waals surface area contributed by atoms with Crippen LogP contribution in [0.2, 0.25) is 0 Å². The quantitative estimate of drug-likeness (QED) is 0.439. The van der Waals surface area contributed by atoms with E-state index in [9.17, 15) is 9.59 Å². The number of benzene rings is 3. The molecule has 3 aromatic rings. The molecule has 2 N–H and O–H groups in total. The Morgan fingerprint density at radius 3 is 2.28 bits per heavy atom. The molecule has 8 heteroatoms. The van der Waals surface area contributed by atoms with E-state index < -0.39 is 11.8 Å². The number of carbonyl (C=O) groups excluding carboxylic acids is 2. The molecule has 8 nitrogen and oxygen atoms in total. The van der Waals surface area contributed by atoms with Crippen LogP contribution in [0.1, 0.15) is 20.7 Å². The van der Waals surface area contributed by atoms with Gasteiger partial charge in [0, 0.05) is 5.56 Å². The molecule has 0 bridgehead atoms. The van der Waals surface area contributed by atoms with E-state index in [1.807, 2.05) is 30.3 Å². The van der Waals surface area contributed by atoms with Gasteiger partial charge in [-0.2, -0.15) is 0 Å². The fraction of sp³-hybridized carbons (Fsp3) is 0.167. The Hall–Kier alpha value is -4.20. The van der Waals surface area contributed by atoms with Crippen LogP contribution in [0.5, 0.6) is 23.0 Å². The minimum Gasteiger partial charge on any atom is -0.490 e. The zero-order valence-electron chi connectivity index (χ0n) is 17.2. The molecule has 3 aromatic carbocycles. The molecule has 1 aliphatic rings. The van der Waals surface area contributed by atoms with Crippen LogP contribution in [0.15, 0.2) is 72.8 Å². The maximum Gasteiger partial charge on any atom is 0.273 e. The number of amides is 2. The highest BCUT2D eigenvalue weighted by Crippen LogP contribution is 2.30. The number of hydrazine groups is 1. The molecule has 0 saturated carbocycles. The third-order valence-electron chi connectivity index (χ3n) is 4.58. The number of hydrogen-bond acceptors (Lipinski definition) is 6. The van der Waals surface area contributed by atoms with E-state index in [4.69, 9.17) is 18.9 Å². The second kappa shape index (κ2) is 10.2. The van der Waals surface area contributed by atoms with Gasteiger partial charge >= 0.3 is 0 Å². The van der Waals surface area contributed by atoms with Crippen LogP contribution in [0.25, 0.3) is 0 Å². The van der Waals surface area contributed by atoms with Crippen LogP contribution in [-0.4, -0.2) is 38.2 Å². The molecule has 0 saturated heterocycles. The number of carbonyl (C=O) groups is 2. The minimum atomic E-state index is -0.504. The van der Waals surface area contributed by atoms with Gasteiger partial charge < -0.3 is 18.9 Å². The Kier molecular flexibility index (Phi) is 6.72. The van der Waals surface area contributed by atoms with E-state index in [-0.39, 0.29) is 12.2 Å². The van der Waals surface area contributed by atoms with Crippen molar-refractivity contribution in [3.63, 3.8) is 0 Å². The zero-order chi connectivity index (χ0) is 22.2. The Labute approximate surface area is 185 Å². The van der Waals surface area contributed by atoms with Gasteiger partial charge in [0.1, 0.15) is 37.9 Å². The van der Waals surface area contributed by atoms with Crippen molar-refractivity contribution in [2.24, 2.45) is 0 Å². The molecule has 2 amide bonds. The van der Waals surface area contributed by atoms with Gasteiger partial charge in [-0.3, -0.25) is 20.4 Å². The van der Waals surface area contributed by atoms with Gasteiger partial charge in [-0.25, -0.2) is 0 Å². The molecule has 0 aliphatic carbocycles. The van der Waals surface area contributed by atoms with Gasteiger partial charge in [-0.1, -0.05) is 30.3 Å². The summed E-state index contributed by atoms with van der Waals surface area (Å²) in [5.41, 5.74) is 5.43. The predicted octanol–water partition coefficient (Wildman–Crippen LogP) is 2.99. The van der Waals surface area contributed by atoms with Gasteiger partial charge in [-0.15, -0.1) is 0 Å². The van der Waals surface area contributed by atoms with Gasteiger partial charge in [0.2, 0.25) is 0 Å². The molecular formula is C24H22N2O6. The first-order valence-corrected chi connectivity index (χ1v) is 10.1. The monoisotopic (exact) mass is 434 g/mol. The van der Waals surface area contributed by atoms with Crippen LogP contribution in [0.4, 0.5) is 0 Å². The van der Waals surface area contributed by atoms with Crippen molar-refractivity contribution >= 4 is 11.8 Å². The second-order valence-electron chi connectivity index (χ2n) is 6.77. The number of fused-ring (bicyclic) bond motifs is 1. The molecule has 0 unspecified atom stereocenters. The van der Waals surface area contributed by atoms with E-state index in [1.165, 1.54) is 0 Å². The third kappa shape index (κ3) is 5.28. The lowest BCUT2D eigenvalue weighted by Crippen LogP contribution is -2.41. The van der Waals surface area contributed by atoms with Crippen molar-refractivity contribution in [1.82, 2.24) is 10.9 Å². The lowest BCUT2D eigenvalue weighted by molar-refractivity contribution is 0.0843. The molecule has 1 heterocycles. The highest BCUT2D eigenvalue weighted by Gasteiger charge is 2.17. The third-order valence-corrected chi connectivity index (χ3v) is 4.58. The lowest BCUT2D eigenvalue weighted by Gasteiger charge is -2.18. The molecule has 164 valence electrons. The Bertz CT molecular complexity index is 1090. The van der Waals surface area contributed by atoms with Crippen molar-refractivity contribution in [3.8, 4) is 23.0 Å². The fourth-order valence-electron chi connectivity index (χ4n) is 3.05. The summed E-state index contributed by atoms with van der Waals surface area (Å²) < 4.78 is 22.2. The Balaban J connectivity index is 1.31.